The van der Waals surface area contributed by atoms with Crippen LogP contribution >= 0.6 is 0 Å². The van der Waals surface area contributed by atoms with Gasteiger partial charge in [0, 0.05) is 25.0 Å². The number of rotatable bonds is 3. The summed E-state index contributed by atoms with van der Waals surface area (Å²) in [6, 6.07) is 7.74. The summed E-state index contributed by atoms with van der Waals surface area (Å²) in [6.45, 7) is 1.99. The first-order chi connectivity index (χ1) is 10.7. The van der Waals surface area contributed by atoms with Gasteiger partial charge in [0.15, 0.2) is 0 Å². The van der Waals surface area contributed by atoms with E-state index in [4.69, 9.17) is 5.73 Å². The third-order valence-electron chi connectivity index (χ3n) is 4.74. The van der Waals surface area contributed by atoms with Crippen molar-refractivity contribution in [2.24, 2.45) is 5.73 Å². The summed E-state index contributed by atoms with van der Waals surface area (Å²) >= 11 is 0. The maximum atomic E-state index is 10.2. The SMILES string of the molecule is NC1CCN(c2cnn(-c3ccccc3O)c2C2CC2)CC1. The molecular formula is C17H22N4O. The predicted molar refractivity (Wildman–Crippen MR) is 86.6 cm³/mol. The minimum atomic E-state index is 0.278. The monoisotopic (exact) mass is 298 g/mol. The average Bonchev–Trinajstić information content (AvgIpc) is 3.28. The standard InChI is InChI=1S/C17H22N4O/c18-13-7-9-20(10-8-13)15-11-19-21(17(15)12-5-6-12)14-3-1-2-4-16(14)22/h1-4,11-13,22H,5-10,18H2. The van der Waals surface area contributed by atoms with E-state index >= 15 is 0 Å². The molecule has 5 heteroatoms. The predicted octanol–water partition coefficient (Wildman–Crippen LogP) is 2.38. The van der Waals surface area contributed by atoms with Crippen LogP contribution in [0.25, 0.3) is 5.69 Å². The molecule has 2 aromatic rings. The van der Waals surface area contributed by atoms with E-state index in [9.17, 15) is 5.11 Å². The summed E-state index contributed by atoms with van der Waals surface area (Å²) in [4.78, 5) is 2.40. The van der Waals surface area contributed by atoms with E-state index in [0.29, 0.717) is 12.0 Å². The van der Waals surface area contributed by atoms with Crippen LogP contribution in [0.5, 0.6) is 5.75 Å². The minimum Gasteiger partial charge on any atom is -0.506 e. The summed E-state index contributed by atoms with van der Waals surface area (Å²) in [6.07, 6.45) is 6.44. The number of benzene rings is 1. The van der Waals surface area contributed by atoms with E-state index in [1.54, 1.807) is 6.07 Å². The van der Waals surface area contributed by atoms with Crippen LogP contribution in [0.2, 0.25) is 0 Å². The highest BCUT2D eigenvalue weighted by molar-refractivity contribution is 5.57. The van der Waals surface area contributed by atoms with Crippen molar-refractivity contribution in [1.29, 1.82) is 0 Å². The fourth-order valence-corrected chi connectivity index (χ4v) is 3.31. The molecule has 0 unspecified atom stereocenters. The Labute approximate surface area is 130 Å². The number of aromatic nitrogens is 2. The van der Waals surface area contributed by atoms with Crippen LogP contribution in [-0.4, -0.2) is 34.0 Å². The third-order valence-corrected chi connectivity index (χ3v) is 4.74. The summed E-state index contributed by atoms with van der Waals surface area (Å²) in [5, 5.41) is 14.7. The molecule has 1 saturated heterocycles. The Morgan fingerprint density at radius 2 is 1.77 bits per heavy atom. The number of phenols is 1. The maximum Gasteiger partial charge on any atom is 0.141 e. The van der Waals surface area contributed by atoms with Gasteiger partial charge < -0.3 is 15.7 Å². The molecule has 4 rings (SSSR count). The lowest BCUT2D eigenvalue weighted by Crippen LogP contribution is -2.39. The molecule has 2 heterocycles. The molecule has 2 fully saturated rings. The van der Waals surface area contributed by atoms with Gasteiger partial charge in [0.25, 0.3) is 0 Å². The lowest BCUT2D eigenvalue weighted by Gasteiger charge is -2.32. The second kappa shape index (κ2) is 5.32. The summed E-state index contributed by atoms with van der Waals surface area (Å²) < 4.78 is 1.93. The average molecular weight is 298 g/mol. The molecule has 0 atom stereocenters. The highest BCUT2D eigenvalue weighted by Crippen LogP contribution is 2.46. The molecule has 1 aromatic heterocycles. The van der Waals surface area contributed by atoms with Gasteiger partial charge in [-0.1, -0.05) is 12.1 Å². The zero-order valence-electron chi connectivity index (χ0n) is 12.7. The number of nitrogens with two attached hydrogens (primary N) is 1. The highest BCUT2D eigenvalue weighted by atomic mass is 16.3. The molecule has 116 valence electrons. The molecule has 0 spiro atoms. The fraction of sp³-hybridized carbons (Fsp3) is 0.471. The topological polar surface area (TPSA) is 67.3 Å². The van der Waals surface area contributed by atoms with E-state index < -0.39 is 0 Å². The molecule has 1 aromatic carbocycles. The smallest absolute Gasteiger partial charge is 0.141 e. The van der Waals surface area contributed by atoms with E-state index in [0.717, 1.165) is 31.6 Å². The number of hydrogen-bond acceptors (Lipinski definition) is 4. The quantitative estimate of drug-likeness (QED) is 0.913. The Kier molecular flexibility index (Phi) is 3.30. The van der Waals surface area contributed by atoms with Gasteiger partial charge in [0.1, 0.15) is 11.4 Å². The van der Waals surface area contributed by atoms with Crippen molar-refractivity contribution in [3.05, 3.63) is 36.2 Å². The molecule has 0 bridgehead atoms. The molecule has 22 heavy (non-hydrogen) atoms. The highest BCUT2D eigenvalue weighted by Gasteiger charge is 2.33. The second-order valence-corrected chi connectivity index (χ2v) is 6.41. The molecule has 1 saturated carbocycles. The number of anilines is 1. The van der Waals surface area contributed by atoms with Gasteiger partial charge in [-0.05, 0) is 37.8 Å². The van der Waals surface area contributed by atoms with E-state index in [1.165, 1.54) is 24.2 Å². The number of piperidine rings is 1. The van der Waals surface area contributed by atoms with E-state index in [2.05, 4.69) is 10.00 Å². The Hall–Kier alpha value is -2.01. The van der Waals surface area contributed by atoms with Crippen LogP contribution in [0.4, 0.5) is 5.69 Å². The number of hydrogen-bond donors (Lipinski definition) is 2. The van der Waals surface area contributed by atoms with Crippen molar-refractivity contribution < 1.29 is 5.11 Å². The largest absolute Gasteiger partial charge is 0.506 e. The van der Waals surface area contributed by atoms with Gasteiger partial charge in [0.2, 0.25) is 0 Å². The van der Waals surface area contributed by atoms with Crippen LogP contribution in [0.1, 0.15) is 37.3 Å². The van der Waals surface area contributed by atoms with Crippen LogP contribution in [0.15, 0.2) is 30.5 Å². The van der Waals surface area contributed by atoms with Gasteiger partial charge in [0.05, 0.1) is 17.6 Å². The molecule has 3 N–H and O–H groups in total. The van der Waals surface area contributed by atoms with Crippen molar-refractivity contribution in [3.8, 4) is 11.4 Å². The molecule has 0 radical (unpaired) electrons. The van der Waals surface area contributed by atoms with Gasteiger partial charge in [-0.3, -0.25) is 0 Å². The number of phenolic OH excluding ortho intramolecular Hbond substituents is 1. The van der Waals surface area contributed by atoms with Gasteiger partial charge in [-0.25, -0.2) is 4.68 Å². The van der Waals surface area contributed by atoms with Crippen molar-refractivity contribution in [2.45, 2.75) is 37.6 Å². The van der Waals surface area contributed by atoms with Crippen molar-refractivity contribution in [1.82, 2.24) is 9.78 Å². The minimum absolute atomic E-state index is 0.278. The molecule has 2 aliphatic rings. The van der Waals surface area contributed by atoms with E-state index in [-0.39, 0.29) is 5.75 Å². The zero-order chi connectivity index (χ0) is 15.1. The molecule has 5 nitrogen and oxygen atoms in total. The Morgan fingerprint density at radius 1 is 1.05 bits per heavy atom. The first-order valence-corrected chi connectivity index (χ1v) is 8.11. The Bertz CT molecular complexity index is 669. The zero-order valence-corrected chi connectivity index (χ0v) is 12.7. The Balaban J connectivity index is 1.73. The maximum absolute atomic E-state index is 10.2. The third kappa shape index (κ3) is 2.35. The van der Waals surface area contributed by atoms with Crippen LogP contribution in [0, 0.1) is 0 Å². The number of nitrogens with zero attached hydrogens (tertiary/aromatic N) is 3. The number of para-hydroxylation sites is 2. The van der Waals surface area contributed by atoms with Gasteiger partial charge in [-0.15, -0.1) is 0 Å². The first kappa shape index (κ1) is 13.6. The Morgan fingerprint density at radius 3 is 2.45 bits per heavy atom. The lowest BCUT2D eigenvalue weighted by atomic mass is 10.1. The van der Waals surface area contributed by atoms with E-state index in [1.807, 2.05) is 29.1 Å². The molecular weight excluding hydrogens is 276 g/mol. The van der Waals surface area contributed by atoms with Crippen molar-refractivity contribution >= 4 is 5.69 Å². The van der Waals surface area contributed by atoms with Crippen LogP contribution in [0.3, 0.4) is 0 Å². The van der Waals surface area contributed by atoms with Crippen LogP contribution < -0.4 is 10.6 Å². The lowest BCUT2D eigenvalue weighted by molar-refractivity contribution is 0.469. The van der Waals surface area contributed by atoms with Crippen molar-refractivity contribution in [3.63, 3.8) is 0 Å². The molecule has 1 aliphatic heterocycles. The summed E-state index contributed by atoms with van der Waals surface area (Å²) in [5.41, 5.74) is 9.26. The molecule has 0 amide bonds. The van der Waals surface area contributed by atoms with Crippen LogP contribution in [-0.2, 0) is 0 Å². The van der Waals surface area contributed by atoms with Crippen molar-refractivity contribution in [2.75, 3.05) is 18.0 Å². The fourth-order valence-electron chi connectivity index (χ4n) is 3.31. The first-order valence-electron chi connectivity index (χ1n) is 8.11. The second-order valence-electron chi connectivity index (χ2n) is 6.41. The van der Waals surface area contributed by atoms with Gasteiger partial charge in [-0.2, -0.15) is 5.10 Å². The van der Waals surface area contributed by atoms with Gasteiger partial charge >= 0.3 is 0 Å². The molecule has 1 aliphatic carbocycles. The summed E-state index contributed by atoms with van der Waals surface area (Å²) in [7, 11) is 0. The normalized spacial score (nSPS) is 19.6. The number of aromatic hydroxyl groups is 1. The summed E-state index contributed by atoms with van der Waals surface area (Å²) in [5.74, 6) is 0.840.